The van der Waals surface area contributed by atoms with Crippen molar-refractivity contribution in [3.63, 3.8) is 0 Å². The molecular weight excluding hydrogens is 449 g/mol. The Balaban J connectivity index is 1.95. The molecule has 0 saturated carbocycles. The molecule has 6 nitrogen and oxygen atoms in total. The van der Waals surface area contributed by atoms with Gasteiger partial charge in [0.15, 0.2) is 5.82 Å². The zero-order valence-electron chi connectivity index (χ0n) is 18.6. The van der Waals surface area contributed by atoms with Gasteiger partial charge in [-0.15, -0.1) is 0 Å². The molecule has 2 aromatic rings. The molecule has 176 valence electrons. The van der Waals surface area contributed by atoms with Crippen LogP contribution in [0.4, 0.5) is 24.7 Å². The summed E-state index contributed by atoms with van der Waals surface area (Å²) in [5.74, 6) is 6.57. The van der Waals surface area contributed by atoms with Gasteiger partial charge in [0.25, 0.3) is 0 Å². The Labute approximate surface area is 196 Å². The monoisotopic (exact) mass is 476 g/mol. The molecule has 1 aromatic heterocycles. The highest BCUT2D eigenvalue weighted by Gasteiger charge is 2.31. The maximum atomic E-state index is 13.2. The van der Waals surface area contributed by atoms with Gasteiger partial charge in [0.1, 0.15) is 5.82 Å². The molecule has 10 heteroatoms. The van der Waals surface area contributed by atoms with Crippen molar-refractivity contribution in [1.29, 1.82) is 0 Å². The third kappa shape index (κ3) is 5.81. The SMILES string of the molecule is C=C(NC(=C)N1CCCN(C)c2ccc(-c3cccc(C(F)(F)F)c3)nc21)S/C(CC)=N\N. The van der Waals surface area contributed by atoms with Gasteiger partial charge in [-0.25, -0.2) is 4.98 Å². The number of hydrazone groups is 1. The summed E-state index contributed by atoms with van der Waals surface area (Å²) in [5.41, 5.74) is 0.995. The zero-order valence-corrected chi connectivity index (χ0v) is 19.4. The molecule has 1 aliphatic heterocycles. The second-order valence-corrected chi connectivity index (χ2v) is 8.69. The summed E-state index contributed by atoms with van der Waals surface area (Å²) in [6, 6.07) is 8.80. The predicted octanol–water partition coefficient (Wildman–Crippen LogP) is 5.36. The van der Waals surface area contributed by atoms with E-state index in [1.165, 1.54) is 17.8 Å². The van der Waals surface area contributed by atoms with Crippen LogP contribution in [0.25, 0.3) is 11.3 Å². The second-order valence-electron chi connectivity index (χ2n) is 7.52. The number of hydrogen-bond donors (Lipinski definition) is 2. The number of nitrogens with one attached hydrogen (secondary N) is 1. The zero-order chi connectivity index (χ0) is 24.2. The van der Waals surface area contributed by atoms with E-state index in [0.29, 0.717) is 40.9 Å². The van der Waals surface area contributed by atoms with Crippen LogP contribution in [-0.2, 0) is 6.18 Å². The van der Waals surface area contributed by atoms with Crippen molar-refractivity contribution in [3.05, 3.63) is 66.0 Å². The van der Waals surface area contributed by atoms with Gasteiger partial charge in [0.05, 0.1) is 27.0 Å². The maximum absolute atomic E-state index is 13.2. The number of thioether (sulfide) groups is 1. The van der Waals surface area contributed by atoms with Gasteiger partial charge in [-0.1, -0.05) is 44.0 Å². The van der Waals surface area contributed by atoms with Crippen LogP contribution in [0.1, 0.15) is 25.3 Å². The lowest BCUT2D eigenvalue weighted by molar-refractivity contribution is -0.137. The van der Waals surface area contributed by atoms with Gasteiger partial charge < -0.3 is 21.0 Å². The molecule has 2 heterocycles. The fourth-order valence-corrected chi connectivity index (χ4v) is 4.14. The third-order valence-corrected chi connectivity index (χ3v) is 6.16. The summed E-state index contributed by atoms with van der Waals surface area (Å²) in [7, 11) is 1.96. The number of pyridine rings is 1. The van der Waals surface area contributed by atoms with E-state index in [4.69, 9.17) is 10.8 Å². The van der Waals surface area contributed by atoms with E-state index >= 15 is 0 Å². The fraction of sp³-hybridized carbons (Fsp3) is 0.304. The third-order valence-electron chi connectivity index (χ3n) is 5.18. The quantitative estimate of drug-likeness (QED) is 0.253. The van der Waals surface area contributed by atoms with Crippen molar-refractivity contribution in [2.45, 2.75) is 25.9 Å². The number of halogens is 3. The molecule has 1 aliphatic rings. The lowest BCUT2D eigenvalue weighted by atomic mass is 10.1. The van der Waals surface area contributed by atoms with E-state index in [0.717, 1.165) is 35.8 Å². The van der Waals surface area contributed by atoms with Gasteiger partial charge >= 0.3 is 6.18 Å². The number of benzene rings is 1. The first kappa shape index (κ1) is 24.5. The molecule has 0 amide bonds. The Bertz CT molecular complexity index is 1070. The predicted molar refractivity (Wildman–Crippen MR) is 131 cm³/mol. The summed E-state index contributed by atoms with van der Waals surface area (Å²) in [4.78, 5) is 8.75. The minimum absolute atomic E-state index is 0.393. The van der Waals surface area contributed by atoms with Crippen LogP contribution >= 0.6 is 11.8 Å². The molecule has 0 aliphatic carbocycles. The molecule has 1 aromatic carbocycles. The van der Waals surface area contributed by atoms with Crippen LogP contribution in [0, 0.1) is 0 Å². The molecule has 0 spiro atoms. The molecular formula is C23H27F3N6S. The standard InChI is InChI=1S/C23H27F3N6S/c1-5-21(30-27)33-16(3)28-15(2)32-13-7-12-31(4)20-11-10-19(29-22(20)32)17-8-6-9-18(14-17)23(24,25)26/h6,8-11,14,28H,2-3,5,7,12-13,27H2,1,4H3/b30-21-. The summed E-state index contributed by atoms with van der Waals surface area (Å²) < 4.78 is 39.6. The number of hydrogen-bond acceptors (Lipinski definition) is 7. The largest absolute Gasteiger partial charge is 0.416 e. The Morgan fingerprint density at radius 2 is 2.00 bits per heavy atom. The summed E-state index contributed by atoms with van der Waals surface area (Å²) in [6.07, 6.45) is -2.90. The van der Waals surface area contributed by atoms with Crippen LogP contribution in [0.3, 0.4) is 0 Å². The van der Waals surface area contributed by atoms with Crippen LogP contribution < -0.4 is 21.0 Å². The van der Waals surface area contributed by atoms with E-state index in [2.05, 4.69) is 28.5 Å². The molecule has 0 saturated heterocycles. The molecule has 0 fully saturated rings. The first-order chi connectivity index (χ1) is 15.6. The molecule has 3 rings (SSSR count). The first-order valence-electron chi connectivity index (χ1n) is 10.4. The number of fused-ring (bicyclic) bond motifs is 1. The number of aromatic nitrogens is 1. The molecule has 33 heavy (non-hydrogen) atoms. The van der Waals surface area contributed by atoms with Crippen molar-refractivity contribution in [1.82, 2.24) is 10.3 Å². The van der Waals surface area contributed by atoms with Gasteiger partial charge in [-0.3, -0.25) is 0 Å². The van der Waals surface area contributed by atoms with E-state index in [9.17, 15) is 13.2 Å². The first-order valence-corrected chi connectivity index (χ1v) is 11.2. The van der Waals surface area contributed by atoms with Crippen molar-refractivity contribution in [3.8, 4) is 11.3 Å². The maximum Gasteiger partial charge on any atom is 0.416 e. The highest BCUT2D eigenvalue weighted by molar-refractivity contribution is 8.17. The minimum atomic E-state index is -4.42. The Morgan fingerprint density at radius 3 is 2.67 bits per heavy atom. The topological polar surface area (TPSA) is 69.8 Å². The number of rotatable bonds is 6. The van der Waals surface area contributed by atoms with Crippen LogP contribution in [0.5, 0.6) is 0 Å². The average molecular weight is 477 g/mol. The summed E-state index contributed by atoms with van der Waals surface area (Å²) >= 11 is 1.32. The van der Waals surface area contributed by atoms with Gasteiger partial charge in [0.2, 0.25) is 0 Å². The van der Waals surface area contributed by atoms with Gasteiger partial charge in [0, 0.05) is 25.7 Å². The van der Waals surface area contributed by atoms with Crippen molar-refractivity contribution in [2.75, 3.05) is 29.9 Å². The van der Waals surface area contributed by atoms with E-state index in [1.54, 1.807) is 12.1 Å². The molecule has 3 N–H and O–H groups in total. The smallest absolute Gasteiger partial charge is 0.372 e. The van der Waals surface area contributed by atoms with Crippen molar-refractivity contribution in [2.24, 2.45) is 10.9 Å². The Kier molecular flexibility index (Phi) is 7.57. The Morgan fingerprint density at radius 1 is 1.24 bits per heavy atom. The van der Waals surface area contributed by atoms with Crippen molar-refractivity contribution >= 4 is 28.3 Å². The summed E-state index contributed by atoms with van der Waals surface area (Å²) in [6.45, 7) is 11.5. The Hall–Kier alpha value is -3.14. The lowest BCUT2D eigenvalue weighted by Gasteiger charge is -2.28. The van der Waals surface area contributed by atoms with Gasteiger partial charge in [-0.05, 0) is 37.1 Å². The van der Waals surface area contributed by atoms with E-state index in [1.807, 2.05) is 24.9 Å². The van der Waals surface area contributed by atoms with Gasteiger partial charge in [-0.2, -0.15) is 18.3 Å². The van der Waals surface area contributed by atoms with Crippen LogP contribution in [0.2, 0.25) is 0 Å². The van der Waals surface area contributed by atoms with Crippen molar-refractivity contribution < 1.29 is 13.2 Å². The second kappa shape index (κ2) is 10.2. The fourth-order valence-electron chi connectivity index (χ4n) is 3.49. The van der Waals surface area contributed by atoms with Crippen LogP contribution in [0.15, 0.2) is 65.5 Å². The number of anilines is 2. The normalized spacial score (nSPS) is 14.5. The average Bonchev–Trinajstić information content (AvgIpc) is 2.95. The molecule has 0 radical (unpaired) electrons. The number of nitrogens with zero attached hydrogens (tertiary/aromatic N) is 4. The highest BCUT2D eigenvalue weighted by atomic mass is 32.2. The minimum Gasteiger partial charge on any atom is -0.372 e. The van der Waals surface area contributed by atoms with Crippen LogP contribution in [-0.4, -0.2) is 30.2 Å². The molecule has 0 unspecified atom stereocenters. The summed E-state index contributed by atoms with van der Waals surface area (Å²) in [5, 5.41) is 8.24. The van der Waals surface area contributed by atoms with E-state index in [-0.39, 0.29) is 0 Å². The number of alkyl halides is 3. The molecule has 0 atom stereocenters. The lowest BCUT2D eigenvalue weighted by Crippen LogP contribution is -2.31. The molecule has 0 bridgehead atoms. The van der Waals surface area contributed by atoms with E-state index < -0.39 is 11.7 Å². The highest BCUT2D eigenvalue weighted by Crippen LogP contribution is 2.36. The number of nitrogens with two attached hydrogens (primary N) is 1.